The van der Waals surface area contributed by atoms with E-state index in [1.54, 1.807) is 53.2 Å². The summed E-state index contributed by atoms with van der Waals surface area (Å²) in [5.41, 5.74) is 12.2. The first-order chi connectivity index (χ1) is 54.9. The molecule has 30 heteroatoms. The van der Waals surface area contributed by atoms with Gasteiger partial charge in [-0.2, -0.15) is 18.7 Å². The molecule has 2 atom stereocenters. The lowest BCUT2D eigenvalue weighted by molar-refractivity contribution is 0.471. The van der Waals surface area contributed by atoms with Crippen LogP contribution in [0.15, 0.2) is 137 Å². The summed E-state index contributed by atoms with van der Waals surface area (Å²) in [5.74, 6) is -0.0506. The average molecular weight is 1700 g/mol. The van der Waals surface area contributed by atoms with Crippen LogP contribution in [0, 0.1) is 24.4 Å². The van der Waals surface area contributed by atoms with E-state index in [4.69, 9.17) is 80.3 Å². The van der Waals surface area contributed by atoms with Gasteiger partial charge in [-0.25, -0.2) is 37.3 Å². The van der Waals surface area contributed by atoms with Crippen molar-refractivity contribution in [2.45, 2.75) is 111 Å². The number of phenolic OH excluding ortho intramolecular Hbond substituents is 1. The number of para-hydroxylation sites is 2. The van der Waals surface area contributed by atoms with E-state index in [9.17, 15) is 19.1 Å². The number of nitrogens with two attached hydrogens (primary N) is 1. The molecule has 13 aromatic rings. The molecule has 0 amide bonds. The second-order valence-electron chi connectivity index (χ2n) is 29.3. The maximum Gasteiger partial charge on any atom is 0.355 e. The minimum absolute atomic E-state index is 0.0560. The summed E-state index contributed by atoms with van der Waals surface area (Å²) in [6, 6.07) is 35.7. The molecule has 114 heavy (non-hydrogen) atoms. The number of nitrogens with one attached hydrogen (secondary N) is 2. The summed E-state index contributed by atoms with van der Waals surface area (Å²) in [6.07, 6.45) is 8.61. The first-order valence-corrected chi connectivity index (χ1v) is 41.8. The highest BCUT2D eigenvalue weighted by Crippen LogP contribution is 2.46. The topological polar surface area (TPSA) is 218 Å². The molecule has 7 aromatic heterocycles. The molecule has 19 nitrogen and oxygen atoms in total. The minimum Gasteiger partial charge on any atom is -0.507 e. The second-order valence-corrected chi connectivity index (χ2v) is 33.3. The molecule has 4 aliphatic heterocycles. The molecule has 0 bridgehead atoms. The number of pyridine rings is 3. The van der Waals surface area contributed by atoms with Crippen LogP contribution in [0.25, 0.3) is 88.9 Å². The van der Waals surface area contributed by atoms with Crippen molar-refractivity contribution in [2.24, 2.45) is 0 Å². The average Bonchev–Trinajstić information content (AvgIpc) is 1.24. The van der Waals surface area contributed by atoms with Crippen molar-refractivity contribution in [3.63, 3.8) is 0 Å². The van der Waals surface area contributed by atoms with E-state index in [0.717, 1.165) is 144 Å². The van der Waals surface area contributed by atoms with Crippen LogP contribution in [-0.2, 0) is 0 Å². The molecule has 11 heterocycles. The SMILES string of the molecule is CC(C)c1ccccc1-n1c(=O)nc(N2CCNC[C@@H]2C)c2cc(Cl)c(-c3c(O)cccc3F)nc21.Cc1cc2c(cc1Cl)c(N1CCNC[C@@H]1C)nc(=O)n2-c1ccccc1C(C)C.Fc1c(-c2ncccc2Cl)c(Cl)cc2c(N3CCCCC3)snc12.Nc1ccc(Cl)c(-c2c(Cl)cc3c(N4CCCCC4)snc3c2F)n1. The number of phenols is 1. The van der Waals surface area contributed by atoms with Gasteiger partial charge >= 0.3 is 11.4 Å². The Morgan fingerprint density at radius 3 is 1.54 bits per heavy atom. The number of piperidine rings is 2. The Hall–Kier alpha value is -8.92. The third-order valence-electron chi connectivity index (χ3n) is 21.0. The van der Waals surface area contributed by atoms with E-state index >= 15 is 8.78 Å². The number of hydrogen-bond acceptors (Lipinski definition) is 19. The summed E-state index contributed by atoms with van der Waals surface area (Å²) in [7, 11) is 0. The first kappa shape index (κ1) is 81.6. The van der Waals surface area contributed by atoms with Gasteiger partial charge in [-0.15, -0.1) is 0 Å². The molecule has 0 unspecified atom stereocenters. The Balaban J connectivity index is 0.000000127. The lowest BCUT2D eigenvalue weighted by Gasteiger charge is -2.35. The zero-order valence-electron chi connectivity index (χ0n) is 63.6. The Morgan fingerprint density at radius 2 is 1.00 bits per heavy atom. The first-order valence-electron chi connectivity index (χ1n) is 37.9. The Morgan fingerprint density at radius 1 is 0.509 bits per heavy atom. The van der Waals surface area contributed by atoms with Gasteiger partial charge in [0.1, 0.15) is 50.1 Å². The lowest BCUT2D eigenvalue weighted by Crippen LogP contribution is -2.50. The highest BCUT2D eigenvalue weighted by Gasteiger charge is 2.32. The van der Waals surface area contributed by atoms with E-state index in [1.807, 2.05) is 75.4 Å². The number of nitrogens with zero attached hydrogens (tertiary/aromatic N) is 13. The van der Waals surface area contributed by atoms with Gasteiger partial charge in [0.05, 0.1) is 81.2 Å². The zero-order valence-corrected chi connectivity index (χ0v) is 69.8. The highest BCUT2D eigenvalue weighted by molar-refractivity contribution is 7.12. The van der Waals surface area contributed by atoms with Gasteiger partial charge in [-0.1, -0.05) is 140 Å². The third kappa shape index (κ3) is 16.5. The summed E-state index contributed by atoms with van der Waals surface area (Å²) in [4.78, 5) is 58.0. The number of nitrogen functional groups attached to an aromatic ring is 1. The van der Waals surface area contributed by atoms with Gasteiger partial charge < -0.3 is 41.1 Å². The molecule has 5 N–H and O–H groups in total. The maximum atomic E-state index is 15.2. The number of aromatic hydroxyl groups is 1. The van der Waals surface area contributed by atoms with E-state index in [-0.39, 0.29) is 79.3 Å². The van der Waals surface area contributed by atoms with E-state index < -0.39 is 23.1 Å². The molecule has 4 aliphatic rings. The van der Waals surface area contributed by atoms with Crippen molar-refractivity contribution in [1.29, 1.82) is 0 Å². The predicted octanol–water partition coefficient (Wildman–Crippen LogP) is 20.3. The normalized spacial score (nSPS) is 16.0. The number of anilines is 5. The standard InChI is InChI=1S/C27H27ClFN5O2.C23H27ClN4O.C17H15Cl2FN4S.C17H14Cl2FN3S/c1-15(2)17-7-4-5-9-21(17)34-26-18(25(32-27(34)36)33-12-11-30-14-16(33)3)13-19(28)24(31-26)23-20(29)8-6-10-22(23)35;1-14(2)17-7-5-6-8-20(17)28-21-11-15(3)19(24)12-18(21)22(26-23(28)29)27-10-9-25-13-16(27)4;18-10-4-5-12(21)22-16(10)13-11(19)8-9-15(14(13)20)23-25-17(9)24-6-2-1-3-7-24;18-11-5-4-6-21-16(11)13-12(19)9-10-15(14(13)20)22-24-17(10)23-7-2-1-3-8-23/h4-10,13,15-16,30,35H,11-12,14H2,1-3H3;5-8,11-12,14,16,25H,9-10,13H2,1-4H3;4-5,8H,1-3,6-7H2,(H2,21,22);4-6,9H,1-3,7-8H2/t2*16-;;/m00../s1. The van der Waals surface area contributed by atoms with Crippen molar-refractivity contribution < 1.29 is 18.3 Å². The Bertz CT molecular complexity index is 5900. The summed E-state index contributed by atoms with van der Waals surface area (Å²) in [5, 5.41) is 24.2. The van der Waals surface area contributed by atoms with Gasteiger partial charge in [-0.05, 0) is 190 Å². The molecule has 0 saturated carbocycles. The van der Waals surface area contributed by atoms with Gasteiger partial charge in [0.15, 0.2) is 17.3 Å². The number of piperazine rings is 2. The van der Waals surface area contributed by atoms with Crippen molar-refractivity contribution in [3.05, 3.63) is 213 Å². The molecule has 4 fully saturated rings. The fourth-order valence-corrected chi connectivity index (χ4v) is 18.4. The molecular formula is C84H83Cl6F3N16O3S2. The van der Waals surface area contributed by atoms with Gasteiger partial charge in [-0.3, -0.25) is 9.55 Å². The minimum atomic E-state index is -0.662. The summed E-state index contributed by atoms with van der Waals surface area (Å²) < 4.78 is 57.1. The largest absolute Gasteiger partial charge is 0.507 e. The molecular weight excluding hydrogens is 1610 g/mol. The number of aryl methyl sites for hydroxylation is 1. The third-order valence-corrected chi connectivity index (χ3v) is 24.8. The van der Waals surface area contributed by atoms with Crippen molar-refractivity contribution >= 4 is 164 Å². The van der Waals surface area contributed by atoms with Gasteiger partial charge in [0.25, 0.3) is 0 Å². The van der Waals surface area contributed by atoms with Crippen LogP contribution in [0.1, 0.15) is 109 Å². The summed E-state index contributed by atoms with van der Waals surface area (Å²) in [6.45, 7) is 23.1. The van der Waals surface area contributed by atoms with E-state index in [0.29, 0.717) is 65.9 Å². The Labute approximate surface area is 695 Å². The quantitative estimate of drug-likeness (QED) is 0.0946. The number of halogens is 9. The fraction of sp³-hybridized carbons (Fsp3) is 0.321. The lowest BCUT2D eigenvalue weighted by atomic mass is 10.0. The van der Waals surface area contributed by atoms with Crippen molar-refractivity contribution in [3.8, 4) is 50.9 Å². The summed E-state index contributed by atoms with van der Waals surface area (Å²) >= 11 is 41.0. The van der Waals surface area contributed by atoms with Crippen LogP contribution in [-0.4, -0.2) is 125 Å². The van der Waals surface area contributed by atoms with Gasteiger partial charge in [0.2, 0.25) is 0 Å². The fourth-order valence-electron chi connectivity index (χ4n) is 15.2. The number of fused-ring (bicyclic) bond motifs is 4. The molecule has 4 saturated heterocycles. The highest BCUT2D eigenvalue weighted by atomic mass is 35.5. The van der Waals surface area contributed by atoms with Crippen LogP contribution in [0.5, 0.6) is 5.75 Å². The Kier molecular flexibility index (Phi) is 25.3. The molecule has 592 valence electrons. The van der Waals surface area contributed by atoms with Gasteiger partial charge in [0, 0.05) is 105 Å². The monoisotopic (exact) mass is 1690 g/mol. The van der Waals surface area contributed by atoms with Crippen LogP contribution in [0.3, 0.4) is 0 Å². The van der Waals surface area contributed by atoms with E-state index in [2.05, 4.69) is 92.7 Å². The van der Waals surface area contributed by atoms with Crippen molar-refractivity contribution in [2.75, 3.05) is 90.8 Å². The van der Waals surface area contributed by atoms with Crippen LogP contribution < -0.4 is 47.3 Å². The van der Waals surface area contributed by atoms with Crippen molar-refractivity contribution in [1.82, 2.24) is 53.4 Å². The van der Waals surface area contributed by atoms with Crippen LogP contribution in [0.4, 0.5) is 40.6 Å². The number of aromatic nitrogens is 9. The molecule has 0 aliphatic carbocycles. The predicted molar refractivity (Wildman–Crippen MR) is 464 cm³/mol. The maximum absolute atomic E-state index is 15.2. The number of benzene rings is 6. The molecule has 6 aromatic carbocycles. The smallest absolute Gasteiger partial charge is 0.355 e. The molecule has 0 spiro atoms. The number of rotatable bonds is 11. The number of hydrogen-bond donors (Lipinski definition) is 4. The van der Waals surface area contributed by atoms with E-state index in [1.165, 1.54) is 58.7 Å². The molecule has 17 rings (SSSR count). The zero-order chi connectivity index (χ0) is 80.5. The van der Waals surface area contributed by atoms with Crippen LogP contribution >= 0.6 is 92.7 Å². The second kappa shape index (κ2) is 35.3. The van der Waals surface area contributed by atoms with Crippen LogP contribution in [0.2, 0.25) is 30.1 Å². The molecule has 0 radical (unpaired) electrons.